The summed E-state index contributed by atoms with van der Waals surface area (Å²) >= 11 is 0. The maximum atomic E-state index is 13.3. The fraction of sp³-hybridized carbons (Fsp3) is 0.250. The first-order valence-corrected chi connectivity index (χ1v) is 8.98. The van der Waals surface area contributed by atoms with Gasteiger partial charge in [0.25, 0.3) is 5.91 Å². The van der Waals surface area contributed by atoms with Gasteiger partial charge in [-0.05, 0) is 38.1 Å². The lowest BCUT2D eigenvalue weighted by atomic mass is 10.00. The second kappa shape index (κ2) is 7.34. The molecule has 9 heteroatoms. The number of nitrogens with zero attached hydrogens (tertiary/aromatic N) is 3. The summed E-state index contributed by atoms with van der Waals surface area (Å²) in [6, 6.07) is 8.33. The van der Waals surface area contributed by atoms with Gasteiger partial charge in [-0.15, -0.1) is 0 Å². The lowest BCUT2D eigenvalue weighted by Crippen LogP contribution is -2.31. The molecule has 1 aromatic carbocycles. The molecule has 3 heterocycles. The van der Waals surface area contributed by atoms with Crippen molar-refractivity contribution in [1.29, 1.82) is 0 Å². The zero-order valence-electron chi connectivity index (χ0n) is 16.5. The molecule has 0 fully saturated rings. The van der Waals surface area contributed by atoms with Crippen molar-refractivity contribution in [3.8, 4) is 11.5 Å². The number of aryl methyl sites for hydroxylation is 1. The lowest BCUT2D eigenvalue weighted by Gasteiger charge is -2.27. The Morgan fingerprint density at radius 3 is 2.72 bits per heavy atom. The lowest BCUT2D eigenvalue weighted by molar-refractivity contribution is -0.113. The van der Waals surface area contributed by atoms with Crippen molar-refractivity contribution in [2.45, 2.75) is 19.9 Å². The smallest absolute Gasteiger partial charge is 0.256 e. The van der Waals surface area contributed by atoms with Crippen molar-refractivity contribution < 1.29 is 18.7 Å². The minimum absolute atomic E-state index is 0.307. The molecule has 9 nitrogen and oxygen atoms in total. The van der Waals surface area contributed by atoms with Gasteiger partial charge in [0, 0.05) is 11.8 Å². The molecule has 29 heavy (non-hydrogen) atoms. The molecule has 4 rings (SSSR count). The summed E-state index contributed by atoms with van der Waals surface area (Å²) in [6.07, 6.45) is 1.44. The van der Waals surface area contributed by atoms with E-state index in [9.17, 15) is 4.79 Å². The van der Waals surface area contributed by atoms with E-state index in [-0.39, 0.29) is 5.91 Å². The molecule has 2 N–H and O–H groups in total. The van der Waals surface area contributed by atoms with Crippen LogP contribution < -0.4 is 20.1 Å². The number of rotatable bonds is 5. The largest absolute Gasteiger partial charge is 0.497 e. The number of fused-ring (bicyclic) bond motifs is 1. The predicted octanol–water partition coefficient (Wildman–Crippen LogP) is 3.12. The molecule has 1 atom stereocenters. The van der Waals surface area contributed by atoms with E-state index in [1.807, 2.05) is 26.0 Å². The van der Waals surface area contributed by atoms with Crippen molar-refractivity contribution >= 4 is 17.5 Å². The fourth-order valence-corrected chi connectivity index (χ4v) is 3.34. The number of carbonyl (C=O) groups is 1. The number of methoxy groups -OCH3 is 2. The summed E-state index contributed by atoms with van der Waals surface area (Å²) in [5, 5.41) is 10.3. The van der Waals surface area contributed by atoms with Gasteiger partial charge in [-0.2, -0.15) is 10.1 Å². The van der Waals surface area contributed by atoms with Gasteiger partial charge in [-0.1, -0.05) is 0 Å². The van der Waals surface area contributed by atoms with Crippen LogP contribution in [0.15, 0.2) is 52.3 Å². The summed E-state index contributed by atoms with van der Waals surface area (Å²) in [7, 11) is 3.10. The van der Waals surface area contributed by atoms with Crippen LogP contribution in [0, 0.1) is 6.92 Å². The van der Waals surface area contributed by atoms with Crippen molar-refractivity contribution in [3.63, 3.8) is 0 Å². The molecule has 1 aliphatic rings. The minimum atomic E-state index is -0.549. The first-order chi connectivity index (χ1) is 14.0. The number of amides is 1. The maximum Gasteiger partial charge on any atom is 0.256 e. The maximum absolute atomic E-state index is 13.3. The highest BCUT2D eigenvalue weighted by Crippen LogP contribution is 2.37. The number of allylic oxidation sites excluding steroid dienone is 1. The van der Waals surface area contributed by atoms with Crippen molar-refractivity contribution in [1.82, 2.24) is 14.8 Å². The van der Waals surface area contributed by atoms with Crippen LogP contribution in [0.25, 0.3) is 0 Å². The van der Waals surface area contributed by atoms with Gasteiger partial charge in [0.1, 0.15) is 35.4 Å². The van der Waals surface area contributed by atoms with E-state index in [0.717, 1.165) is 5.76 Å². The molecular weight excluding hydrogens is 374 g/mol. The zero-order valence-corrected chi connectivity index (χ0v) is 16.5. The Kier molecular flexibility index (Phi) is 4.71. The number of anilines is 2. The average molecular weight is 395 g/mol. The van der Waals surface area contributed by atoms with Crippen molar-refractivity contribution in [2.75, 3.05) is 24.9 Å². The van der Waals surface area contributed by atoms with Crippen LogP contribution in [0.5, 0.6) is 11.5 Å². The van der Waals surface area contributed by atoms with Crippen LogP contribution in [0.2, 0.25) is 0 Å². The summed E-state index contributed by atoms with van der Waals surface area (Å²) in [6.45, 7) is 3.67. The standard InChI is InChI=1S/C20H21N5O4/c1-11-5-8-15(29-11)18-17(12(2)23-20-21-10-22-25(18)20)19(26)24-14-7-6-13(27-3)9-16(14)28-4/h5-10,18H,1-4H3,(H,24,26)(H,21,22,23). The number of furan rings is 1. The second-order valence-corrected chi connectivity index (χ2v) is 6.56. The van der Waals surface area contributed by atoms with Crippen molar-refractivity contribution in [2.24, 2.45) is 0 Å². The first-order valence-electron chi connectivity index (χ1n) is 8.98. The molecule has 1 amide bonds. The van der Waals surface area contributed by atoms with Gasteiger partial charge in [-0.3, -0.25) is 4.79 Å². The Hall–Kier alpha value is -3.75. The van der Waals surface area contributed by atoms with Gasteiger partial charge in [0.05, 0.1) is 25.5 Å². The highest BCUT2D eigenvalue weighted by molar-refractivity contribution is 6.06. The van der Waals surface area contributed by atoms with E-state index in [4.69, 9.17) is 13.9 Å². The van der Waals surface area contributed by atoms with Crippen LogP contribution in [0.4, 0.5) is 11.6 Å². The summed E-state index contributed by atoms with van der Waals surface area (Å²) in [4.78, 5) is 17.5. The van der Waals surface area contributed by atoms with Crippen LogP contribution in [-0.2, 0) is 4.79 Å². The van der Waals surface area contributed by atoms with E-state index in [1.54, 1.807) is 30.0 Å². The normalized spacial score (nSPS) is 15.5. The monoisotopic (exact) mass is 395 g/mol. The highest BCUT2D eigenvalue weighted by atomic mass is 16.5. The van der Waals surface area contributed by atoms with Gasteiger partial charge < -0.3 is 24.5 Å². The molecule has 3 aromatic rings. The van der Waals surface area contributed by atoms with E-state index in [0.29, 0.717) is 40.2 Å². The van der Waals surface area contributed by atoms with Gasteiger partial charge in [0.2, 0.25) is 5.95 Å². The van der Waals surface area contributed by atoms with E-state index < -0.39 is 6.04 Å². The van der Waals surface area contributed by atoms with Gasteiger partial charge >= 0.3 is 0 Å². The summed E-state index contributed by atoms with van der Waals surface area (Å²) < 4.78 is 18.1. The molecular formula is C20H21N5O4. The number of hydrogen-bond acceptors (Lipinski definition) is 7. The van der Waals surface area contributed by atoms with Crippen LogP contribution >= 0.6 is 0 Å². The number of aromatic nitrogens is 3. The molecule has 0 spiro atoms. The SMILES string of the molecule is COc1ccc(NC(=O)C2=C(C)Nc3ncnn3C2c2ccc(C)o2)c(OC)c1. The predicted molar refractivity (Wildman–Crippen MR) is 106 cm³/mol. The first kappa shape index (κ1) is 18.6. The second-order valence-electron chi connectivity index (χ2n) is 6.56. The molecule has 0 radical (unpaired) electrons. The van der Waals surface area contributed by atoms with Crippen LogP contribution in [-0.4, -0.2) is 34.9 Å². The number of benzene rings is 1. The number of hydrogen-bond donors (Lipinski definition) is 2. The fourth-order valence-electron chi connectivity index (χ4n) is 3.34. The van der Waals surface area contributed by atoms with Crippen LogP contribution in [0.3, 0.4) is 0 Å². The molecule has 2 aromatic heterocycles. The zero-order chi connectivity index (χ0) is 20.5. The average Bonchev–Trinajstić information content (AvgIpc) is 3.35. The van der Waals surface area contributed by atoms with Crippen LogP contribution in [0.1, 0.15) is 24.5 Å². The summed E-state index contributed by atoms with van der Waals surface area (Å²) in [5.74, 6) is 2.70. The highest BCUT2D eigenvalue weighted by Gasteiger charge is 2.35. The number of nitrogens with one attached hydrogen (secondary N) is 2. The Labute approximate surface area is 167 Å². The summed E-state index contributed by atoms with van der Waals surface area (Å²) in [5.41, 5.74) is 1.65. The van der Waals surface area contributed by atoms with E-state index >= 15 is 0 Å². The Balaban J connectivity index is 1.73. The molecule has 0 saturated heterocycles. The molecule has 1 aliphatic heterocycles. The number of ether oxygens (including phenoxy) is 2. The topological polar surface area (TPSA) is 103 Å². The Morgan fingerprint density at radius 1 is 1.21 bits per heavy atom. The van der Waals surface area contributed by atoms with E-state index in [1.165, 1.54) is 13.4 Å². The Bertz CT molecular complexity index is 1100. The van der Waals surface area contributed by atoms with Gasteiger partial charge in [0.15, 0.2) is 0 Å². The molecule has 150 valence electrons. The van der Waals surface area contributed by atoms with E-state index in [2.05, 4.69) is 20.7 Å². The third-order valence-corrected chi connectivity index (χ3v) is 4.73. The Morgan fingerprint density at radius 2 is 2.03 bits per heavy atom. The molecule has 0 saturated carbocycles. The third-order valence-electron chi connectivity index (χ3n) is 4.73. The minimum Gasteiger partial charge on any atom is -0.497 e. The van der Waals surface area contributed by atoms with Crippen molar-refractivity contribution in [3.05, 3.63) is 59.4 Å². The molecule has 1 unspecified atom stereocenters. The van der Waals surface area contributed by atoms with Gasteiger partial charge in [-0.25, -0.2) is 4.68 Å². The molecule has 0 aliphatic carbocycles. The quantitative estimate of drug-likeness (QED) is 0.684. The molecule has 0 bridgehead atoms. The number of carbonyl (C=O) groups excluding carboxylic acids is 1. The third kappa shape index (κ3) is 3.31.